The normalized spacial score (nSPS) is 10.7. The predicted octanol–water partition coefficient (Wildman–Crippen LogP) is 6.35. The summed E-state index contributed by atoms with van der Waals surface area (Å²) in [5.41, 5.74) is 2.31. The van der Waals surface area contributed by atoms with E-state index in [4.69, 9.17) is 25.8 Å². The molecule has 0 unspecified atom stereocenters. The van der Waals surface area contributed by atoms with Gasteiger partial charge < -0.3 is 19.5 Å². The molecule has 0 spiro atoms. The van der Waals surface area contributed by atoms with E-state index in [0.717, 1.165) is 15.6 Å². The Bertz CT molecular complexity index is 1090. The molecule has 0 atom stereocenters. The van der Waals surface area contributed by atoms with Gasteiger partial charge >= 0.3 is 0 Å². The fourth-order valence-corrected chi connectivity index (χ4v) is 3.58. The van der Waals surface area contributed by atoms with Crippen molar-refractivity contribution >= 4 is 45.2 Å². The minimum Gasteiger partial charge on any atom is -0.495 e. The lowest BCUT2D eigenvalue weighted by molar-refractivity contribution is -0.111. The summed E-state index contributed by atoms with van der Waals surface area (Å²) in [4.78, 5) is 12.4. The predicted molar refractivity (Wildman–Crippen MR) is 127 cm³/mol. The fourth-order valence-electron chi connectivity index (χ4n) is 2.83. The van der Waals surface area contributed by atoms with Gasteiger partial charge in [0.1, 0.15) is 12.4 Å². The third kappa shape index (κ3) is 6.26. The summed E-state index contributed by atoms with van der Waals surface area (Å²) in [6.45, 7) is 0.412. The van der Waals surface area contributed by atoms with Gasteiger partial charge in [0, 0.05) is 11.1 Å². The number of methoxy groups -OCH3 is 2. The van der Waals surface area contributed by atoms with Gasteiger partial charge in [0.05, 0.1) is 24.4 Å². The number of hydrogen-bond donors (Lipinski definition) is 1. The third-order valence-electron chi connectivity index (χ3n) is 4.32. The van der Waals surface area contributed by atoms with Crippen LogP contribution in [0.5, 0.6) is 17.2 Å². The average Bonchev–Trinajstić information content (AvgIpc) is 2.77. The van der Waals surface area contributed by atoms with Crippen LogP contribution in [0.25, 0.3) is 6.08 Å². The van der Waals surface area contributed by atoms with Crippen LogP contribution in [0.15, 0.2) is 71.2 Å². The highest BCUT2D eigenvalue weighted by molar-refractivity contribution is 9.10. The summed E-state index contributed by atoms with van der Waals surface area (Å²) in [6.07, 6.45) is 3.10. The lowest BCUT2D eigenvalue weighted by Gasteiger charge is -2.13. The topological polar surface area (TPSA) is 56.8 Å². The van der Waals surface area contributed by atoms with Crippen LogP contribution in [-0.2, 0) is 11.4 Å². The number of carbonyl (C=O) groups excluding carboxylic acids is 1. The minimum absolute atomic E-state index is 0.319. The maximum absolute atomic E-state index is 12.4. The number of anilines is 1. The van der Waals surface area contributed by atoms with Crippen molar-refractivity contribution in [2.75, 3.05) is 19.5 Å². The first-order chi connectivity index (χ1) is 15.0. The molecule has 3 rings (SSSR count). The summed E-state index contributed by atoms with van der Waals surface area (Å²) >= 11 is 9.53. The molecule has 0 aliphatic carbocycles. The number of carbonyl (C=O) groups is 1. The van der Waals surface area contributed by atoms with Gasteiger partial charge in [-0.15, -0.1) is 0 Å². The second-order valence-electron chi connectivity index (χ2n) is 6.48. The zero-order chi connectivity index (χ0) is 22.2. The molecule has 1 amide bonds. The van der Waals surface area contributed by atoms with Gasteiger partial charge in [0.25, 0.3) is 0 Å². The van der Waals surface area contributed by atoms with Crippen LogP contribution >= 0.6 is 27.5 Å². The number of halogens is 2. The smallest absolute Gasteiger partial charge is 0.248 e. The van der Waals surface area contributed by atoms with Crippen LogP contribution in [0.4, 0.5) is 5.69 Å². The molecule has 31 heavy (non-hydrogen) atoms. The van der Waals surface area contributed by atoms with Crippen LogP contribution in [-0.4, -0.2) is 20.1 Å². The molecule has 0 aliphatic heterocycles. The number of rotatable bonds is 8. The van der Waals surface area contributed by atoms with E-state index in [0.29, 0.717) is 34.6 Å². The van der Waals surface area contributed by atoms with Gasteiger partial charge in [-0.25, -0.2) is 0 Å². The molecule has 7 heteroatoms. The fraction of sp³-hybridized carbons (Fsp3) is 0.125. The van der Waals surface area contributed by atoms with Gasteiger partial charge in [-0.05, 0) is 63.5 Å². The van der Waals surface area contributed by atoms with Crippen molar-refractivity contribution in [2.45, 2.75) is 6.61 Å². The average molecular weight is 503 g/mol. The Morgan fingerprint density at radius 1 is 1.03 bits per heavy atom. The zero-order valence-electron chi connectivity index (χ0n) is 17.0. The second kappa shape index (κ2) is 10.9. The standard InChI is InChI=1S/C24H21BrClNO4/c1-29-21-10-9-18(26)14-20(21)27-23(28)11-8-17-12-19(25)24(22(13-17)30-2)31-15-16-6-4-3-5-7-16/h3-14H,15H2,1-2H3,(H,27,28). The van der Waals surface area contributed by atoms with Crippen LogP contribution in [0.3, 0.4) is 0 Å². The van der Waals surface area contributed by atoms with Gasteiger partial charge in [-0.3, -0.25) is 4.79 Å². The summed E-state index contributed by atoms with van der Waals surface area (Å²) in [5, 5.41) is 3.26. The lowest BCUT2D eigenvalue weighted by atomic mass is 10.2. The SMILES string of the molecule is COc1ccc(Cl)cc1NC(=O)C=Cc1cc(Br)c(OCc2ccccc2)c(OC)c1. The van der Waals surface area contributed by atoms with E-state index >= 15 is 0 Å². The Kier molecular flexibility index (Phi) is 7.98. The van der Waals surface area contributed by atoms with E-state index in [2.05, 4.69) is 21.2 Å². The molecule has 3 aromatic carbocycles. The third-order valence-corrected chi connectivity index (χ3v) is 5.15. The Balaban J connectivity index is 1.72. The van der Waals surface area contributed by atoms with E-state index in [1.54, 1.807) is 37.5 Å². The van der Waals surface area contributed by atoms with Gasteiger partial charge in [0.2, 0.25) is 5.91 Å². The summed E-state index contributed by atoms with van der Waals surface area (Å²) < 4.78 is 17.4. The maximum atomic E-state index is 12.4. The summed E-state index contributed by atoms with van der Waals surface area (Å²) in [7, 11) is 3.10. The second-order valence-corrected chi connectivity index (χ2v) is 7.77. The highest BCUT2D eigenvalue weighted by Crippen LogP contribution is 2.37. The largest absolute Gasteiger partial charge is 0.495 e. The van der Waals surface area contributed by atoms with E-state index in [1.807, 2.05) is 36.4 Å². The Morgan fingerprint density at radius 2 is 1.77 bits per heavy atom. The van der Waals surface area contributed by atoms with Crippen LogP contribution in [0.2, 0.25) is 5.02 Å². The van der Waals surface area contributed by atoms with Crippen molar-refractivity contribution in [1.29, 1.82) is 0 Å². The molecule has 0 aromatic heterocycles. The molecule has 160 valence electrons. The molecule has 3 aromatic rings. The quantitative estimate of drug-likeness (QED) is 0.365. The molecule has 5 nitrogen and oxygen atoms in total. The summed E-state index contributed by atoms with van der Waals surface area (Å²) in [5.74, 6) is 1.36. The van der Waals surface area contributed by atoms with Crippen molar-refractivity contribution < 1.29 is 19.0 Å². The maximum Gasteiger partial charge on any atom is 0.248 e. The Hall–Kier alpha value is -2.96. The molecule has 0 bridgehead atoms. The van der Waals surface area contributed by atoms with E-state index in [1.165, 1.54) is 13.2 Å². The molecule has 0 heterocycles. The molecule has 0 fully saturated rings. The monoisotopic (exact) mass is 501 g/mol. The first-order valence-electron chi connectivity index (χ1n) is 9.37. The number of hydrogen-bond acceptors (Lipinski definition) is 4. The van der Waals surface area contributed by atoms with E-state index in [9.17, 15) is 4.79 Å². The van der Waals surface area contributed by atoms with Crippen LogP contribution < -0.4 is 19.5 Å². The molecule has 0 aliphatic rings. The highest BCUT2D eigenvalue weighted by Gasteiger charge is 2.12. The van der Waals surface area contributed by atoms with E-state index < -0.39 is 0 Å². The van der Waals surface area contributed by atoms with Crippen molar-refractivity contribution in [3.05, 3.63) is 87.4 Å². The lowest BCUT2D eigenvalue weighted by Crippen LogP contribution is -2.08. The van der Waals surface area contributed by atoms with Gasteiger partial charge in [-0.1, -0.05) is 41.9 Å². The summed E-state index contributed by atoms with van der Waals surface area (Å²) in [6, 6.07) is 18.5. The van der Waals surface area contributed by atoms with Gasteiger partial charge in [-0.2, -0.15) is 0 Å². The van der Waals surface area contributed by atoms with Crippen LogP contribution in [0, 0.1) is 0 Å². The molecule has 0 saturated carbocycles. The Morgan fingerprint density at radius 3 is 2.48 bits per heavy atom. The minimum atomic E-state index is -0.319. The molecule has 0 radical (unpaired) electrons. The van der Waals surface area contributed by atoms with Crippen molar-refractivity contribution in [1.82, 2.24) is 0 Å². The van der Waals surface area contributed by atoms with Crippen molar-refractivity contribution in [2.24, 2.45) is 0 Å². The molecular formula is C24H21BrClNO4. The number of benzene rings is 3. The number of nitrogens with one attached hydrogen (secondary N) is 1. The highest BCUT2D eigenvalue weighted by atomic mass is 79.9. The van der Waals surface area contributed by atoms with Crippen molar-refractivity contribution in [3.63, 3.8) is 0 Å². The zero-order valence-corrected chi connectivity index (χ0v) is 19.4. The number of ether oxygens (including phenoxy) is 3. The van der Waals surface area contributed by atoms with Crippen molar-refractivity contribution in [3.8, 4) is 17.2 Å². The molecule has 0 saturated heterocycles. The van der Waals surface area contributed by atoms with E-state index in [-0.39, 0.29) is 5.91 Å². The Labute approximate surface area is 194 Å². The molecular weight excluding hydrogens is 482 g/mol. The molecule has 1 N–H and O–H groups in total. The van der Waals surface area contributed by atoms with Gasteiger partial charge in [0.15, 0.2) is 11.5 Å². The first-order valence-corrected chi connectivity index (χ1v) is 10.5. The first kappa shape index (κ1) is 22.7. The van der Waals surface area contributed by atoms with Crippen LogP contribution in [0.1, 0.15) is 11.1 Å². The number of amides is 1.